The van der Waals surface area contributed by atoms with Crippen LogP contribution in [0, 0.1) is 0 Å². The maximum absolute atomic E-state index is 3.61. The summed E-state index contributed by atoms with van der Waals surface area (Å²) in [5.74, 6) is 0. The highest BCUT2D eigenvalue weighted by Gasteiger charge is 2.31. The number of likely N-dealkylation sites (N-methyl/N-ethyl adjacent to an activating group) is 1. The Morgan fingerprint density at radius 3 is 2.43 bits per heavy atom. The maximum Gasteiger partial charge on any atom is 0.0412 e. The van der Waals surface area contributed by atoms with Crippen LogP contribution >= 0.6 is 0 Å². The summed E-state index contributed by atoms with van der Waals surface area (Å²) in [7, 11) is 2.23. The predicted octanol–water partition coefficient (Wildman–Crippen LogP) is 3.11. The summed E-state index contributed by atoms with van der Waals surface area (Å²) in [6.45, 7) is 15.5. The van der Waals surface area contributed by atoms with E-state index in [2.05, 4.69) is 81.0 Å². The lowest BCUT2D eigenvalue weighted by Crippen LogP contribution is -2.58. The summed E-state index contributed by atoms with van der Waals surface area (Å²) in [6.07, 6.45) is 0. The normalized spacial score (nSPS) is 19.8. The molecule has 0 aliphatic carbocycles. The number of piperazine rings is 1. The fourth-order valence-electron chi connectivity index (χ4n) is 2.78. The molecule has 1 aliphatic heterocycles. The molecule has 0 amide bonds. The molecule has 0 bridgehead atoms. The predicted molar refractivity (Wildman–Crippen MR) is 92.0 cm³/mol. The quantitative estimate of drug-likeness (QED) is 0.922. The van der Waals surface area contributed by atoms with E-state index in [-0.39, 0.29) is 11.1 Å². The van der Waals surface area contributed by atoms with Crippen LogP contribution in [0.1, 0.15) is 40.2 Å². The van der Waals surface area contributed by atoms with Gasteiger partial charge in [0.15, 0.2) is 0 Å². The molecule has 118 valence electrons. The summed E-state index contributed by atoms with van der Waals surface area (Å²) >= 11 is 0. The van der Waals surface area contributed by atoms with E-state index in [9.17, 15) is 0 Å². The van der Waals surface area contributed by atoms with Gasteiger partial charge >= 0.3 is 0 Å². The summed E-state index contributed by atoms with van der Waals surface area (Å²) in [6, 6.07) is 8.81. The van der Waals surface area contributed by atoms with Gasteiger partial charge in [0.2, 0.25) is 0 Å². The zero-order chi connectivity index (χ0) is 15.7. The lowest BCUT2D eigenvalue weighted by molar-refractivity contribution is 0.138. The minimum Gasteiger partial charge on any atom is -0.368 e. The lowest BCUT2D eigenvalue weighted by Gasteiger charge is -2.46. The molecule has 3 nitrogen and oxygen atoms in total. The number of anilines is 1. The van der Waals surface area contributed by atoms with E-state index in [1.165, 1.54) is 11.3 Å². The van der Waals surface area contributed by atoms with Gasteiger partial charge in [-0.2, -0.15) is 0 Å². The summed E-state index contributed by atoms with van der Waals surface area (Å²) in [5, 5.41) is 3.61. The lowest BCUT2D eigenvalue weighted by atomic mass is 9.98. The standard InChI is InChI=1S/C18H31N3/c1-17(2,3)19-13-15-9-7-8-10-16(15)21-12-11-20(6)18(4,5)14-21/h7-10,19H,11-14H2,1-6H3. The van der Waals surface area contributed by atoms with Crippen molar-refractivity contribution < 1.29 is 0 Å². The Labute approximate surface area is 130 Å². The van der Waals surface area contributed by atoms with E-state index in [0.29, 0.717) is 0 Å². The molecule has 3 heteroatoms. The third-order valence-electron chi connectivity index (χ3n) is 4.46. The maximum atomic E-state index is 3.61. The van der Waals surface area contributed by atoms with Gasteiger partial charge in [0.1, 0.15) is 0 Å². The molecule has 0 unspecified atom stereocenters. The first-order valence-corrected chi connectivity index (χ1v) is 7.98. The Hall–Kier alpha value is -1.06. The summed E-state index contributed by atoms with van der Waals surface area (Å²) in [5.41, 5.74) is 3.15. The highest BCUT2D eigenvalue weighted by Crippen LogP contribution is 2.27. The van der Waals surface area contributed by atoms with Crippen molar-refractivity contribution >= 4 is 5.69 Å². The monoisotopic (exact) mass is 289 g/mol. The molecule has 1 aliphatic rings. The summed E-state index contributed by atoms with van der Waals surface area (Å²) < 4.78 is 0. The SMILES string of the molecule is CN1CCN(c2ccccc2CNC(C)(C)C)CC1(C)C. The van der Waals surface area contributed by atoms with E-state index in [1.54, 1.807) is 0 Å². The zero-order valence-electron chi connectivity index (χ0n) is 14.5. The van der Waals surface area contributed by atoms with Crippen molar-refractivity contribution in [2.24, 2.45) is 0 Å². The van der Waals surface area contributed by atoms with Gasteiger partial charge in [0.05, 0.1) is 0 Å². The van der Waals surface area contributed by atoms with Crippen LogP contribution < -0.4 is 10.2 Å². The molecule has 1 aromatic carbocycles. The topological polar surface area (TPSA) is 18.5 Å². The number of nitrogens with zero attached hydrogens (tertiary/aromatic N) is 2. The third kappa shape index (κ3) is 4.21. The molecular weight excluding hydrogens is 258 g/mol. The molecule has 0 spiro atoms. The minimum absolute atomic E-state index is 0.147. The first-order valence-electron chi connectivity index (χ1n) is 7.98. The fourth-order valence-corrected chi connectivity index (χ4v) is 2.78. The van der Waals surface area contributed by atoms with Crippen LogP contribution in [0.25, 0.3) is 0 Å². The van der Waals surface area contributed by atoms with E-state index >= 15 is 0 Å². The van der Waals surface area contributed by atoms with Gasteiger partial charge in [-0.05, 0) is 53.3 Å². The van der Waals surface area contributed by atoms with Crippen LogP contribution in [0.5, 0.6) is 0 Å². The fraction of sp³-hybridized carbons (Fsp3) is 0.667. The van der Waals surface area contributed by atoms with Gasteiger partial charge in [-0.1, -0.05) is 18.2 Å². The largest absolute Gasteiger partial charge is 0.368 e. The van der Waals surface area contributed by atoms with Crippen LogP contribution in [0.3, 0.4) is 0 Å². The molecule has 21 heavy (non-hydrogen) atoms. The minimum atomic E-state index is 0.147. The molecule has 1 heterocycles. The Morgan fingerprint density at radius 1 is 1.14 bits per heavy atom. The molecule has 1 saturated heterocycles. The number of hydrogen-bond donors (Lipinski definition) is 1. The molecule has 0 saturated carbocycles. The van der Waals surface area contributed by atoms with Crippen molar-refractivity contribution in [3.8, 4) is 0 Å². The number of rotatable bonds is 3. The molecule has 0 radical (unpaired) electrons. The molecule has 2 rings (SSSR count). The number of para-hydroxylation sites is 1. The van der Waals surface area contributed by atoms with Crippen LogP contribution in [0.2, 0.25) is 0 Å². The van der Waals surface area contributed by atoms with Gasteiger partial charge in [-0.25, -0.2) is 0 Å². The zero-order valence-corrected chi connectivity index (χ0v) is 14.5. The average molecular weight is 289 g/mol. The molecular formula is C18H31N3. The molecule has 1 fully saturated rings. The van der Waals surface area contributed by atoms with Gasteiger partial charge < -0.3 is 10.2 Å². The summed E-state index contributed by atoms with van der Waals surface area (Å²) in [4.78, 5) is 5.00. The van der Waals surface area contributed by atoms with E-state index in [0.717, 1.165) is 26.2 Å². The van der Waals surface area contributed by atoms with Crippen LogP contribution in [-0.4, -0.2) is 42.7 Å². The number of nitrogens with one attached hydrogen (secondary N) is 1. The van der Waals surface area contributed by atoms with E-state index in [1.807, 2.05) is 0 Å². The Kier molecular flexibility index (Phi) is 4.64. The van der Waals surface area contributed by atoms with Crippen molar-refractivity contribution in [2.45, 2.75) is 52.2 Å². The van der Waals surface area contributed by atoms with E-state index < -0.39 is 0 Å². The molecule has 1 aromatic rings. The Bertz CT molecular complexity index is 474. The number of benzene rings is 1. The highest BCUT2D eigenvalue weighted by molar-refractivity contribution is 5.54. The highest BCUT2D eigenvalue weighted by atomic mass is 15.3. The van der Waals surface area contributed by atoms with Crippen molar-refractivity contribution in [2.75, 3.05) is 31.6 Å². The first-order chi connectivity index (χ1) is 9.69. The van der Waals surface area contributed by atoms with Gasteiger partial charge in [0, 0.05) is 42.9 Å². The average Bonchev–Trinajstić information content (AvgIpc) is 2.39. The van der Waals surface area contributed by atoms with Crippen molar-refractivity contribution in [3.05, 3.63) is 29.8 Å². The Morgan fingerprint density at radius 2 is 1.81 bits per heavy atom. The second-order valence-electron chi connectivity index (χ2n) is 7.89. The van der Waals surface area contributed by atoms with Crippen molar-refractivity contribution in [3.63, 3.8) is 0 Å². The van der Waals surface area contributed by atoms with E-state index in [4.69, 9.17) is 0 Å². The second kappa shape index (κ2) is 5.98. The third-order valence-corrected chi connectivity index (χ3v) is 4.46. The van der Waals surface area contributed by atoms with Crippen LogP contribution in [0.4, 0.5) is 5.69 Å². The van der Waals surface area contributed by atoms with Crippen LogP contribution in [0.15, 0.2) is 24.3 Å². The first kappa shape index (κ1) is 16.3. The Balaban J connectivity index is 2.16. The number of hydrogen-bond acceptors (Lipinski definition) is 3. The second-order valence-corrected chi connectivity index (χ2v) is 7.89. The van der Waals surface area contributed by atoms with Gasteiger partial charge in [-0.15, -0.1) is 0 Å². The van der Waals surface area contributed by atoms with Gasteiger partial charge in [0.25, 0.3) is 0 Å². The molecule has 0 aromatic heterocycles. The van der Waals surface area contributed by atoms with Crippen molar-refractivity contribution in [1.29, 1.82) is 0 Å². The van der Waals surface area contributed by atoms with Gasteiger partial charge in [-0.3, -0.25) is 4.90 Å². The molecule has 0 atom stereocenters. The van der Waals surface area contributed by atoms with Crippen LogP contribution in [-0.2, 0) is 6.54 Å². The van der Waals surface area contributed by atoms with Crippen molar-refractivity contribution in [1.82, 2.24) is 10.2 Å². The molecule has 1 N–H and O–H groups in total. The smallest absolute Gasteiger partial charge is 0.0412 e.